The predicted octanol–water partition coefficient (Wildman–Crippen LogP) is 18.2. The molecule has 0 aliphatic heterocycles. The fraction of sp³-hybridized carbons (Fsp3) is 0. The van der Waals surface area contributed by atoms with Crippen molar-refractivity contribution in [3.05, 3.63) is 301 Å². The minimum Gasteiger partial charge on any atom is -0.310 e. The molecule has 11 aromatic carbocycles. The zero-order valence-electron chi connectivity index (χ0n) is 38.5. The Balaban J connectivity index is 0.942. The van der Waals surface area contributed by atoms with E-state index in [0.29, 0.717) is 0 Å². The molecule has 1 aromatic heterocycles. The first-order chi connectivity index (χ1) is 34.7. The molecule has 1 aliphatic carbocycles. The van der Waals surface area contributed by atoms with Gasteiger partial charge in [-0.05, 0) is 145 Å². The van der Waals surface area contributed by atoms with Crippen LogP contribution in [0.2, 0.25) is 0 Å². The van der Waals surface area contributed by atoms with Gasteiger partial charge < -0.3 is 9.47 Å². The molecule has 0 bridgehead atoms. The smallest absolute Gasteiger partial charge is 0.0541 e. The number of para-hydroxylation sites is 2. The lowest BCUT2D eigenvalue weighted by atomic mass is 9.88. The molecule has 0 saturated heterocycles. The quantitative estimate of drug-likeness (QED) is 0.140. The number of benzene rings is 11. The molecule has 2 heteroatoms. The summed E-state index contributed by atoms with van der Waals surface area (Å²) < 4.78 is 2.37. The maximum Gasteiger partial charge on any atom is 0.0541 e. The van der Waals surface area contributed by atoms with Crippen molar-refractivity contribution in [2.24, 2.45) is 0 Å². The van der Waals surface area contributed by atoms with Gasteiger partial charge in [0.1, 0.15) is 0 Å². The predicted molar refractivity (Wildman–Crippen MR) is 295 cm³/mol. The van der Waals surface area contributed by atoms with Crippen molar-refractivity contribution in [2.45, 2.75) is 0 Å². The molecule has 70 heavy (non-hydrogen) atoms. The molecule has 0 atom stereocenters. The average Bonchev–Trinajstić information content (AvgIpc) is 3.95. The number of hydrogen-bond acceptors (Lipinski definition) is 1. The van der Waals surface area contributed by atoms with Gasteiger partial charge in [0.15, 0.2) is 0 Å². The molecule has 1 heterocycles. The molecule has 328 valence electrons. The van der Waals surface area contributed by atoms with Crippen molar-refractivity contribution in [3.8, 4) is 50.2 Å². The Hall–Kier alpha value is -9.24. The van der Waals surface area contributed by atoms with Crippen molar-refractivity contribution in [3.63, 3.8) is 0 Å². The Morgan fingerprint density at radius 3 is 1.31 bits per heavy atom. The fourth-order valence-electron chi connectivity index (χ4n) is 10.7. The summed E-state index contributed by atoms with van der Waals surface area (Å²) in [6, 6.07) is 102. The van der Waals surface area contributed by atoms with Gasteiger partial charge in [0.05, 0.1) is 11.0 Å². The van der Waals surface area contributed by atoms with Crippen LogP contribution in [0.25, 0.3) is 83.1 Å². The van der Waals surface area contributed by atoms with Crippen LogP contribution in [0.1, 0.15) is 22.3 Å². The van der Waals surface area contributed by atoms with E-state index < -0.39 is 0 Å². The van der Waals surface area contributed by atoms with Crippen LogP contribution >= 0.6 is 0 Å². The van der Waals surface area contributed by atoms with Crippen LogP contribution in [0.5, 0.6) is 0 Å². The molecule has 0 unspecified atom stereocenters. The molecule has 2 nitrogen and oxygen atoms in total. The van der Waals surface area contributed by atoms with Crippen LogP contribution in [0.3, 0.4) is 0 Å². The highest BCUT2D eigenvalue weighted by Crippen LogP contribution is 2.51. The Morgan fingerprint density at radius 1 is 0.271 bits per heavy atom. The number of nitrogens with zero attached hydrogens (tertiary/aromatic N) is 2. The molecule has 0 radical (unpaired) electrons. The lowest BCUT2D eigenvalue weighted by Crippen LogP contribution is -2.10. The van der Waals surface area contributed by atoms with E-state index >= 15 is 0 Å². The third-order valence-electron chi connectivity index (χ3n) is 14.0. The van der Waals surface area contributed by atoms with Crippen LogP contribution in [0.4, 0.5) is 17.1 Å². The summed E-state index contributed by atoms with van der Waals surface area (Å²) in [5.74, 6) is 0. The van der Waals surface area contributed by atoms with Gasteiger partial charge in [0.25, 0.3) is 0 Å². The van der Waals surface area contributed by atoms with Crippen molar-refractivity contribution in [1.29, 1.82) is 0 Å². The first kappa shape index (κ1) is 41.0. The van der Waals surface area contributed by atoms with Crippen molar-refractivity contribution in [1.82, 2.24) is 4.57 Å². The van der Waals surface area contributed by atoms with Crippen LogP contribution in [-0.4, -0.2) is 4.57 Å². The normalized spacial score (nSPS) is 11.7. The zero-order chi connectivity index (χ0) is 46.4. The number of anilines is 3. The van der Waals surface area contributed by atoms with E-state index in [1.54, 1.807) is 0 Å². The zero-order valence-corrected chi connectivity index (χ0v) is 38.5. The third-order valence-corrected chi connectivity index (χ3v) is 14.0. The lowest BCUT2D eigenvalue weighted by Gasteiger charge is -2.27. The largest absolute Gasteiger partial charge is 0.310 e. The Labute approximate surface area is 409 Å². The second kappa shape index (κ2) is 17.4. The third kappa shape index (κ3) is 7.22. The van der Waals surface area contributed by atoms with Crippen LogP contribution in [-0.2, 0) is 0 Å². The fourth-order valence-corrected chi connectivity index (χ4v) is 10.7. The molecule has 0 spiro atoms. The maximum absolute atomic E-state index is 2.41. The van der Waals surface area contributed by atoms with Crippen molar-refractivity contribution >= 4 is 50.0 Å². The molecule has 0 amide bonds. The van der Waals surface area contributed by atoms with E-state index in [1.165, 1.54) is 99.7 Å². The Morgan fingerprint density at radius 2 is 0.700 bits per heavy atom. The first-order valence-corrected chi connectivity index (χ1v) is 24.1. The molecule has 13 rings (SSSR count). The standard InChI is InChI=1S/C68H46N2/c1-5-17-47(18-6-1)48-29-31-49(32-30-48)50-33-38-56(39-34-50)69(57-40-35-51(36-41-57)54-37-44-66-63(45-54)61-26-15-16-28-65(61)70(66)55-23-11-4-12-24-55)58-42-43-60-59-25-13-14-27-62(59)68(64(60)46-58)67(52-19-7-2-8-20-52)53-21-9-3-10-22-53/h1-46H. The number of aromatic nitrogens is 1. The highest BCUT2D eigenvalue weighted by molar-refractivity contribution is 6.14. The second-order valence-corrected chi connectivity index (χ2v) is 18.1. The molecule has 0 N–H and O–H groups in total. The van der Waals surface area contributed by atoms with E-state index in [1.807, 2.05) is 0 Å². The number of hydrogen-bond donors (Lipinski definition) is 0. The van der Waals surface area contributed by atoms with Crippen molar-refractivity contribution in [2.75, 3.05) is 4.90 Å². The van der Waals surface area contributed by atoms with Gasteiger partial charge in [-0.3, -0.25) is 0 Å². The molecule has 1 aliphatic rings. The molecule has 12 aromatic rings. The van der Waals surface area contributed by atoms with E-state index in [9.17, 15) is 0 Å². The van der Waals surface area contributed by atoms with Gasteiger partial charge in [-0.15, -0.1) is 0 Å². The van der Waals surface area contributed by atoms with Gasteiger partial charge in [0, 0.05) is 33.5 Å². The lowest BCUT2D eigenvalue weighted by molar-refractivity contribution is 1.18. The Bertz CT molecular complexity index is 3830. The summed E-state index contributed by atoms with van der Waals surface area (Å²) in [6.07, 6.45) is 0. The van der Waals surface area contributed by atoms with E-state index in [-0.39, 0.29) is 0 Å². The summed E-state index contributed by atoms with van der Waals surface area (Å²) in [5.41, 5.74) is 23.8. The summed E-state index contributed by atoms with van der Waals surface area (Å²) >= 11 is 0. The van der Waals surface area contributed by atoms with E-state index in [0.717, 1.165) is 22.7 Å². The highest BCUT2D eigenvalue weighted by Gasteiger charge is 2.29. The minimum absolute atomic E-state index is 1.08. The van der Waals surface area contributed by atoms with E-state index in [2.05, 4.69) is 289 Å². The summed E-state index contributed by atoms with van der Waals surface area (Å²) in [6.45, 7) is 0. The Kier molecular flexibility index (Phi) is 10.2. The first-order valence-electron chi connectivity index (χ1n) is 24.1. The molecular formula is C68H46N2. The number of rotatable bonds is 9. The molecule has 0 fully saturated rings. The van der Waals surface area contributed by atoms with Crippen LogP contribution < -0.4 is 4.90 Å². The van der Waals surface area contributed by atoms with Crippen LogP contribution in [0, 0.1) is 0 Å². The summed E-state index contributed by atoms with van der Waals surface area (Å²) in [4.78, 5) is 2.41. The van der Waals surface area contributed by atoms with Gasteiger partial charge in [-0.25, -0.2) is 0 Å². The van der Waals surface area contributed by atoms with Gasteiger partial charge in [0.2, 0.25) is 0 Å². The summed E-state index contributed by atoms with van der Waals surface area (Å²) in [5, 5.41) is 2.49. The highest BCUT2D eigenvalue weighted by atomic mass is 15.1. The molecule has 0 saturated carbocycles. The van der Waals surface area contributed by atoms with Gasteiger partial charge in [-0.1, -0.05) is 212 Å². The van der Waals surface area contributed by atoms with Crippen LogP contribution in [0.15, 0.2) is 279 Å². The second-order valence-electron chi connectivity index (χ2n) is 18.1. The average molecular weight is 891 g/mol. The molecular weight excluding hydrogens is 845 g/mol. The topological polar surface area (TPSA) is 8.17 Å². The monoisotopic (exact) mass is 890 g/mol. The maximum atomic E-state index is 2.41. The number of fused-ring (bicyclic) bond motifs is 6. The van der Waals surface area contributed by atoms with Gasteiger partial charge >= 0.3 is 0 Å². The van der Waals surface area contributed by atoms with Crippen molar-refractivity contribution < 1.29 is 0 Å². The summed E-state index contributed by atoms with van der Waals surface area (Å²) in [7, 11) is 0. The SMILES string of the molecule is c1ccc(C(=C2c3ccccc3-c3ccc(N(c4ccc(-c5ccc(-c6ccccc6)cc5)cc4)c4ccc(-c5ccc6c(c5)c5ccccc5n6-c5ccccc5)cc4)cc32)c2ccccc2)cc1. The van der Waals surface area contributed by atoms with Gasteiger partial charge in [-0.2, -0.15) is 0 Å². The minimum atomic E-state index is 1.08. The van der Waals surface area contributed by atoms with E-state index in [4.69, 9.17) is 0 Å².